The molecule has 0 bridgehead atoms. The van der Waals surface area contributed by atoms with Gasteiger partial charge < -0.3 is 9.30 Å². The maximum Gasteiger partial charge on any atom is 0.143 e. The molecule has 0 amide bonds. The maximum absolute atomic E-state index is 6.06. The van der Waals surface area contributed by atoms with E-state index in [1.165, 1.54) is 0 Å². The second kappa shape index (κ2) is 8.52. The molecule has 0 spiro atoms. The number of aromatic nitrogens is 4. The number of ether oxygens (including phenoxy) is 1. The third kappa shape index (κ3) is 4.47. The molecule has 0 N–H and O–H groups in total. The molecule has 0 radical (unpaired) electrons. The number of nitrogens with zero attached hydrogens (tertiary/aromatic N) is 4. The number of aryl methyl sites for hydroxylation is 1. The summed E-state index contributed by atoms with van der Waals surface area (Å²) in [7, 11) is 1.68. The molecule has 0 aliphatic carbocycles. The van der Waals surface area contributed by atoms with Crippen molar-refractivity contribution in [2.24, 2.45) is 0 Å². The standard InChI is InChI=1S/C25H25ClN4O/c1-17-15-30(16-28-17)21-10-5-18(13-22(21)31-4)14-24-27-12-11-23(29-24)25(2,3)19-6-8-20(26)9-7-19/h5-13,15-16H,14H2,1-4H3. The van der Waals surface area contributed by atoms with Crippen molar-refractivity contribution in [1.82, 2.24) is 19.5 Å². The zero-order valence-corrected chi connectivity index (χ0v) is 18.9. The summed E-state index contributed by atoms with van der Waals surface area (Å²) >= 11 is 6.06. The molecular weight excluding hydrogens is 408 g/mol. The molecule has 0 aliphatic heterocycles. The SMILES string of the molecule is COc1cc(Cc2nccc(C(C)(C)c3ccc(Cl)cc3)n2)ccc1-n1cnc(C)c1. The topological polar surface area (TPSA) is 52.8 Å². The van der Waals surface area contributed by atoms with Crippen molar-refractivity contribution in [3.05, 3.63) is 101 Å². The average Bonchev–Trinajstić information content (AvgIpc) is 3.20. The lowest BCUT2D eigenvalue weighted by Crippen LogP contribution is -2.21. The lowest BCUT2D eigenvalue weighted by atomic mass is 9.81. The van der Waals surface area contributed by atoms with E-state index in [0.717, 1.165) is 44.8 Å². The third-order valence-corrected chi connectivity index (χ3v) is 5.76. The van der Waals surface area contributed by atoms with E-state index in [-0.39, 0.29) is 5.41 Å². The molecule has 2 aromatic heterocycles. The van der Waals surface area contributed by atoms with Crippen molar-refractivity contribution >= 4 is 11.6 Å². The highest BCUT2D eigenvalue weighted by Crippen LogP contribution is 2.31. The van der Waals surface area contributed by atoms with Crippen LogP contribution in [-0.4, -0.2) is 26.6 Å². The summed E-state index contributed by atoms with van der Waals surface area (Å²) in [5.41, 5.74) is 4.85. The van der Waals surface area contributed by atoms with Gasteiger partial charge in [0.05, 0.1) is 30.5 Å². The van der Waals surface area contributed by atoms with Crippen LogP contribution in [0.3, 0.4) is 0 Å². The van der Waals surface area contributed by atoms with Crippen LogP contribution in [-0.2, 0) is 11.8 Å². The number of hydrogen-bond acceptors (Lipinski definition) is 4. The lowest BCUT2D eigenvalue weighted by Gasteiger charge is -2.25. The van der Waals surface area contributed by atoms with Crippen LogP contribution in [0.2, 0.25) is 5.02 Å². The minimum Gasteiger partial charge on any atom is -0.495 e. The largest absolute Gasteiger partial charge is 0.495 e. The predicted octanol–water partition coefficient (Wildman–Crippen LogP) is 5.55. The molecule has 6 heteroatoms. The minimum atomic E-state index is -0.261. The van der Waals surface area contributed by atoms with E-state index in [9.17, 15) is 0 Å². The monoisotopic (exact) mass is 432 g/mol. The molecular formula is C25H25ClN4O. The van der Waals surface area contributed by atoms with Crippen LogP contribution in [0.25, 0.3) is 5.69 Å². The van der Waals surface area contributed by atoms with Crippen molar-refractivity contribution in [3.8, 4) is 11.4 Å². The van der Waals surface area contributed by atoms with Crippen LogP contribution in [0, 0.1) is 6.92 Å². The van der Waals surface area contributed by atoms with Gasteiger partial charge in [-0.3, -0.25) is 0 Å². The summed E-state index contributed by atoms with van der Waals surface area (Å²) < 4.78 is 7.59. The van der Waals surface area contributed by atoms with Crippen molar-refractivity contribution < 1.29 is 4.74 Å². The maximum atomic E-state index is 6.06. The first-order chi connectivity index (χ1) is 14.9. The van der Waals surface area contributed by atoms with Gasteiger partial charge in [-0.05, 0) is 48.4 Å². The Hall–Kier alpha value is -3.18. The van der Waals surface area contributed by atoms with E-state index in [2.05, 4.69) is 29.9 Å². The van der Waals surface area contributed by atoms with Gasteiger partial charge in [-0.2, -0.15) is 0 Å². The normalized spacial score (nSPS) is 11.5. The summed E-state index contributed by atoms with van der Waals surface area (Å²) in [6.45, 7) is 6.29. The molecule has 0 saturated heterocycles. The quantitative estimate of drug-likeness (QED) is 0.401. The highest BCUT2D eigenvalue weighted by Gasteiger charge is 2.25. The number of rotatable bonds is 6. The van der Waals surface area contributed by atoms with Crippen LogP contribution in [0.5, 0.6) is 5.75 Å². The number of hydrogen-bond donors (Lipinski definition) is 0. The van der Waals surface area contributed by atoms with Crippen LogP contribution < -0.4 is 4.74 Å². The second-order valence-electron chi connectivity index (χ2n) is 8.10. The van der Waals surface area contributed by atoms with E-state index < -0.39 is 0 Å². The fourth-order valence-corrected chi connectivity index (χ4v) is 3.75. The molecule has 2 aromatic carbocycles. The van der Waals surface area contributed by atoms with Crippen molar-refractivity contribution in [2.45, 2.75) is 32.6 Å². The van der Waals surface area contributed by atoms with Gasteiger partial charge in [0, 0.05) is 29.3 Å². The first kappa shape index (κ1) is 21.1. The zero-order chi connectivity index (χ0) is 22.0. The van der Waals surface area contributed by atoms with Gasteiger partial charge in [0.25, 0.3) is 0 Å². The number of benzene rings is 2. The zero-order valence-electron chi connectivity index (χ0n) is 18.1. The van der Waals surface area contributed by atoms with Gasteiger partial charge >= 0.3 is 0 Å². The van der Waals surface area contributed by atoms with E-state index in [4.69, 9.17) is 21.3 Å². The number of halogens is 1. The molecule has 158 valence electrons. The average molecular weight is 433 g/mol. The van der Waals surface area contributed by atoms with Crippen LogP contribution >= 0.6 is 11.6 Å². The van der Waals surface area contributed by atoms with Gasteiger partial charge in [-0.25, -0.2) is 15.0 Å². The van der Waals surface area contributed by atoms with Gasteiger partial charge in [0.1, 0.15) is 11.6 Å². The fraction of sp³-hybridized carbons (Fsp3) is 0.240. The van der Waals surface area contributed by atoms with E-state index in [1.807, 2.05) is 66.3 Å². The van der Waals surface area contributed by atoms with Gasteiger partial charge in [0.2, 0.25) is 0 Å². The Morgan fingerprint density at radius 1 is 1.03 bits per heavy atom. The Bertz CT molecular complexity index is 1200. The molecule has 0 aliphatic rings. The van der Waals surface area contributed by atoms with E-state index in [0.29, 0.717) is 6.42 Å². The highest BCUT2D eigenvalue weighted by atomic mass is 35.5. The smallest absolute Gasteiger partial charge is 0.143 e. The van der Waals surface area contributed by atoms with Crippen molar-refractivity contribution in [1.29, 1.82) is 0 Å². The Balaban J connectivity index is 1.61. The Morgan fingerprint density at radius 3 is 2.48 bits per heavy atom. The summed E-state index contributed by atoms with van der Waals surface area (Å²) in [5, 5.41) is 0.728. The molecule has 0 fully saturated rings. The molecule has 4 rings (SSSR count). The van der Waals surface area contributed by atoms with Crippen LogP contribution in [0.15, 0.2) is 67.3 Å². The molecule has 4 aromatic rings. The highest BCUT2D eigenvalue weighted by molar-refractivity contribution is 6.30. The van der Waals surface area contributed by atoms with Crippen LogP contribution in [0.1, 0.15) is 42.2 Å². The summed E-state index contributed by atoms with van der Waals surface area (Å²) in [4.78, 5) is 13.7. The fourth-order valence-electron chi connectivity index (χ4n) is 3.63. The van der Waals surface area contributed by atoms with Gasteiger partial charge in [-0.1, -0.05) is 43.6 Å². The molecule has 0 atom stereocenters. The van der Waals surface area contributed by atoms with E-state index >= 15 is 0 Å². The summed E-state index contributed by atoms with van der Waals surface area (Å²) in [5.74, 6) is 1.56. The molecule has 5 nitrogen and oxygen atoms in total. The minimum absolute atomic E-state index is 0.261. The van der Waals surface area contributed by atoms with E-state index in [1.54, 1.807) is 13.4 Å². The lowest BCUT2D eigenvalue weighted by molar-refractivity contribution is 0.412. The molecule has 0 saturated carbocycles. The second-order valence-corrected chi connectivity index (χ2v) is 8.53. The van der Waals surface area contributed by atoms with Crippen molar-refractivity contribution in [3.63, 3.8) is 0 Å². The Morgan fingerprint density at radius 2 is 1.81 bits per heavy atom. The van der Waals surface area contributed by atoms with Gasteiger partial charge in [-0.15, -0.1) is 0 Å². The Labute approximate surface area is 187 Å². The summed E-state index contributed by atoms with van der Waals surface area (Å²) in [6, 6.07) is 16.0. The first-order valence-electron chi connectivity index (χ1n) is 10.1. The van der Waals surface area contributed by atoms with Gasteiger partial charge in [0.15, 0.2) is 0 Å². The number of imidazole rings is 1. The molecule has 31 heavy (non-hydrogen) atoms. The third-order valence-electron chi connectivity index (χ3n) is 5.51. The Kier molecular flexibility index (Phi) is 5.79. The van der Waals surface area contributed by atoms with Crippen LogP contribution in [0.4, 0.5) is 0 Å². The molecule has 0 unspecified atom stereocenters. The summed E-state index contributed by atoms with van der Waals surface area (Å²) in [6.07, 6.45) is 6.21. The van der Waals surface area contributed by atoms with Crippen molar-refractivity contribution in [2.75, 3.05) is 7.11 Å². The first-order valence-corrected chi connectivity index (χ1v) is 10.5. The predicted molar refractivity (Wildman–Crippen MR) is 123 cm³/mol. The molecule has 2 heterocycles. The number of methoxy groups -OCH3 is 1.